The zero-order chi connectivity index (χ0) is 16.0. The van der Waals surface area contributed by atoms with E-state index in [0.29, 0.717) is 16.3 Å². The zero-order valence-electron chi connectivity index (χ0n) is 13.8. The van der Waals surface area contributed by atoms with Gasteiger partial charge in [-0.05, 0) is 37.3 Å². The first kappa shape index (κ1) is 21.0. The fourth-order valence-corrected chi connectivity index (χ4v) is 3.85. The van der Waals surface area contributed by atoms with Gasteiger partial charge in [0.1, 0.15) is 6.10 Å². The molecule has 1 aromatic heterocycles. The number of aliphatic hydroxyl groups is 1. The smallest absolute Gasteiger partial charge is 0.191 e. The van der Waals surface area contributed by atoms with Crippen LogP contribution in [0.15, 0.2) is 17.1 Å². The minimum absolute atomic E-state index is 0. The van der Waals surface area contributed by atoms with Gasteiger partial charge >= 0.3 is 0 Å². The van der Waals surface area contributed by atoms with Crippen molar-refractivity contribution >= 4 is 52.9 Å². The van der Waals surface area contributed by atoms with Gasteiger partial charge in [0.2, 0.25) is 0 Å². The van der Waals surface area contributed by atoms with Crippen LogP contribution in [-0.4, -0.2) is 30.7 Å². The zero-order valence-corrected chi connectivity index (χ0v) is 17.7. The Hall–Kier alpha value is -0.0500. The molecule has 7 heteroatoms. The number of guanidine groups is 1. The van der Waals surface area contributed by atoms with Crippen LogP contribution >= 0.6 is 46.9 Å². The topological polar surface area (TPSA) is 56.7 Å². The second-order valence-corrected chi connectivity index (χ2v) is 8.00. The number of hydrogen-bond acceptors (Lipinski definition) is 3. The van der Waals surface area contributed by atoms with Gasteiger partial charge in [-0.25, -0.2) is 0 Å². The molecular weight excluding hydrogens is 445 g/mol. The van der Waals surface area contributed by atoms with Gasteiger partial charge in [-0.15, -0.1) is 35.3 Å². The number of nitrogens with one attached hydrogen (secondary N) is 2. The third kappa shape index (κ3) is 6.76. The summed E-state index contributed by atoms with van der Waals surface area (Å²) >= 11 is 7.31. The summed E-state index contributed by atoms with van der Waals surface area (Å²) in [7, 11) is 0. The van der Waals surface area contributed by atoms with Gasteiger partial charge in [-0.2, -0.15) is 0 Å². The Morgan fingerprint density at radius 2 is 2.09 bits per heavy atom. The first-order chi connectivity index (χ1) is 10.5. The van der Waals surface area contributed by atoms with Crippen molar-refractivity contribution in [2.24, 2.45) is 10.4 Å². The molecule has 1 aromatic rings. The van der Waals surface area contributed by atoms with Gasteiger partial charge in [-0.1, -0.05) is 31.4 Å². The number of rotatable bonds is 6. The molecule has 1 heterocycles. The standard InChI is InChI=1S/C16H26ClN3OS.HI/c1-3-18-15(20-11-16(2)8-4-5-9-16)19-10-12(21)13-6-7-14(17)22-13;/h6-7,12,21H,3-5,8-11H2,1-2H3,(H2,18,19,20);1H. The molecule has 0 amide bonds. The highest BCUT2D eigenvalue weighted by atomic mass is 127. The Morgan fingerprint density at radius 3 is 2.65 bits per heavy atom. The molecule has 0 bridgehead atoms. The van der Waals surface area contributed by atoms with Gasteiger partial charge in [0.25, 0.3) is 0 Å². The van der Waals surface area contributed by atoms with E-state index in [1.54, 1.807) is 0 Å². The van der Waals surface area contributed by atoms with Gasteiger partial charge < -0.3 is 15.7 Å². The minimum Gasteiger partial charge on any atom is -0.386 e. The van der Waals surface area contributed by atoms with E-state index in [1.165, 1.54) is 37.0 Å². The third-order valence-corrected chi connectivity index (χ3v) is 5.49. The van der Waals surface area contributed by atoms with Crippen molar-refractivity contribution in [3.63, 3.8) is 0 Å². The molecule has 0 aromatic carbocycles. The van der Waals surface area contributed by atoms with Crippen molar-refractivity contribution in [3.8, 4) is 0 Å². The minimum atomic E-state index is -0.566. The fourth-order valence-electron chi connectivity index (χ4n) is 2.80. The molecule has 0 saturated heterocycles. The highest BCUT2D eigenvalue weighted by Gasteiger charge is 2.28. The second-order valence-electron chi connectivity index (χ2n) is 6.25. The molecule has 1 unspecified atom stereocenters. The summed E-state index contributed by atoms with van der Waals surface area (Å²) in [6.07, 6.45) is 4.57. The maximum absolute atomic E-state index is 10.2. The van der Waals surface area contributed by atoms with Gasteiger partial charge in [0.05, 0.1) is 4.34 Å². The van der Waals surface area contributed by atoms with E-state index in [1.807, 2.05) is 19.1 Å². The quantitative estimate of drug-likeness (QED) is 0.331. The Bertz CT molecular complexity index is 503. The van der Waals surface area contributed by atoms with Crippen LogP contribution < -0.4 is 10.6 Å². The number of aliphatic hydroxyl groups excluding tert-OH is 1. The highest BCUT2D eigenvalue weighted by Crippen LogP contribution is 2.37. The summed E-state index contributed by atoms with van der Waals surface area (Å²) in [4.78, 5) is 5.57. The Kier molecular flexibility index (Phi) is 9.18. The molecule has 1 aliphatic carbocycles. The van der Waals surface area contributed by atoms with Crippen LogP contribution in [0.3, 0.4) is 0 Å². The van der Waals surface area contributed by atoms with E-state index in [0.717, 1.165) is 23.9 Å². The van der Waals surface area contributed by atoms with Crippen LogP contribution in [0.4, 0.5) is 0 Å². The molecule has 1 atom stereocenters. The molecule has 1 saturated carbocycles. The number of hydrogen-bond donors (Lipinski definition) is 3. The van der Waals surface area contributed by atoms with E-state index >= 15 is 0 Å². The van der Waals surface area contributed by atoms with Crippen molar-refractivity contribution in [1.29, 1.82) is 0 Å². The second kappa shape index (κ2) is 10.1. The SMILES string of the molecule is CCNC(=NCC1(C)CCCC1)NCC(O)c1ccc(Cl)s1.I. The summed E-state index contributed by atoms with van der Waals surface area (Å²) in [6, 6.07) is 3.67. The Balaban J connectivity index is 0.00000264. The van der Waals surface area contributed by atoms with Crippen LogP contribution in [0.1, 0.15) is 50.5 Å². The van der Waals surface area contributed by atoms with E-state index in [2.05, 4.69) is 17.6 Å². The number of halogens is 2. The molecule has 0 aliphatic heterocycles. The van der Waals surface area contributed by atoms with Crippen molar-refractivity contribution < 1.29 is 5.11 Å². The van der Waals surface area contributed by atoms with Crippen LogP contribution in [0, 0.1) is 5.41 Å². The summed E-state index contributed by atoms with van der Waals surface area (Å²) in [5.74, 6) is 0.775. The third-order valence-electron chi connectivity index (χ3n) is 4.16. The lowest BCUT2D eigenvalue weighted by Crippen LogP contribution is -2.40. The van der Waals surface area contributed by atoms with E-state index in [9.17, 15) is 5.11 Å². The molecule has 1 fully saturated rings. The highest BCUT2D eigenvalue weighted by molar-refractivity contribution is 14.0. The molecule has 0 spiro atoms. The fraction of sp³-hybridized carbons (Fsp3) is 0.688. The monoisotopic (exact) mass is 471 g/mol. The number of thiophene rings is 1. The Morgan fingerprint density at radius 1 is 1.39 bits per heavy atom. The van der Waals surface area contributed by atoms with Gasteiger partial charge in [-0.3, -0.25) is 4.99 Å². The van der Waals surface area contributed by atoms with Crippen molar-refractivity contribution in [2.45, 2.75) is 45.6 Å². The maximum atomic E-state index is 10.2. The summed E-state index contributed by atoms with van der Waals surface area (Å²) < 4.78 is 0.698. The van der Waals surface area contributed by atoms with Crippen molar-refractivity contribution in [1.82, 2.24) is 10.6 Å². The van der Waals surface area contributed by atoms with Gasteiger partial charge in [0, 0.05) is 24.5 Å². The molecule has 132 valence electrons. The van der Waals surface area contributed by atoms with Crippen molar-refractivity contribution in [3.05, 3.63) is 21.3 Å². The molecule has 4 nitrogen and oxygen atoms in total. The summed E-state index contributed by atoms with van der Waals surface area (Å²) in [5, 5.41) is 16.7. The normalized spacial score (nSPS) is 18.3. The lowest BCUT2D eigenvalue weighted by Gasteiger charge is -2.22. The van der Waals surface area contributed by atoms with E-state index in [-0.39, 0.29) is 24.0 Å². The summed E-state index contributed by atoms with van der Waals surface area (Å²) in [6.45, 7) is 6.44. The molecule has 23 heavy (non-hydrogen) atoms. The molecule has 0 radical (unpaired) electrons. The lowest BCUT2D eigenvalue weighted by molar-refractivity contribution is 0.184. The van der Waals surface area contributed by atoms with Crippen LogP contribution in [-0.2, 0) is 0 Å². The lowest BCUT2D eigenvalue weighted by atomic mass is 9.89. The first-order valence-electron chi connectivity index (χ1n) is 7.98. The average molecular weight is 472 g/mol. The molecule has 3 N–H and O–H groups in total. The molecule has 2 rings (SSSR count). The number of aliphatic imine (C=N–C) groups is 1. The van der Waals surface area contributed by atoms with Gasteiger partial charge in [0.15, 0.2) is 5.96 Å². The molecular formula is C16H27ClIN3OS. The largest absolute Gasteiger partial charge is 0.386 e. The van der Waals surface area contributed by atoms with Crippen LogP contribution in [0.25, 0.3) is 0 Å². The van der Waals surface area contributed by atoms with Crippen molar-refractivity contribution in [2.75, 3.05) is 19.6 Å². The first-order valence-corrected chi connectivity index (χ1v) is 9.17. The average Bonchev–Trinajstić information content (AvgIpc) is 3.11. The maximum Gasteiger partial charge on any atom is 0.191 e. The van der Waals surface area contributed by atoms with E-state index in [4.69, 9.17) is 16.6 Å². The predicted octanol–water partition coefficient (Wildman–Crippen LogP) is 4.19. The van der Waals surface area contributed by atoms with Crippen LogP contribution in [0.5, 0.6) is 0 Å². The van der Waals surface area contributed by atoms with E-state index < -0.39 is 6.10 Å². The Labute approximate surface area is 165 Å². The molecule has 1 aliphatic rings. The predicted molar refractivity (Wildman–Crippen MR) is 110 cm³/mol. The number of nitrogens with zero attached hydrogens (tertiary/aromatic N) is 1. The summed E-state index contributed by atoms with van der Waals surface area (Å²) in [5.41, 5.74) is 0.336. The van der Waals surface area contributed by atoms with Crippen LogP contribution in [0.2, 0.25) is 4.34 Å².